The smallest absolute Gasteiger partial charge is 0.146 e. The van der Waals surface area contributed by atoms with Gasteiger partial charge in [-0.25, -0.2) is 4.98 Å². The molecule has 0 N–H and O–H groups in total. The maximum atomic E-state index is 4.99. The monoisotopic (exact) mass is 1610 g/mol. The van der Waals surface area contributed by atoms with Gasteiger partial charge in [-0.2, -0.15) is 0 Å². The summed E-state index contributed by atoms with van der Waals surface area (Å²) in [5.41, 5.74) is 30.3. The Bertz CT molecular complexity index is 8180. The van der Waals surface area contributed by atoms with Crippen molar-refractivity contribution in [2.24, 2.45) is 0 Å². The van der Waals surface area contributed by atoms with E-state index in [9.17, 15) is 0 Å². The summed E-state index contributed by atoms with van der Waals surface area (Å²) in [7, 11) is 0. The highest BCUT2D eigenvalue weighted by atomic mass is 15.1. The molecule has 0 saturated heterocycles. The van der Waals surface area contributed by atoms with E-state index < -0.39 is 0 Å². The number of nitrogens with zero attached hydrogens (tertiary/aromatic N) is 9. The number of aromatic nitrogens is 9. The molecule has 0 aliphatic carbocycles. The second-order valence-electron chi connectivity index (χ2n) is 32.6. The standard InChI is InChI=1S/3C39H25N3/c1-3-11-28(12-4-1)41-35-18-10-8-15-30(35)32-23-26(19-21-36(32)41)27-20-22-37-33(24-27)39-31-16-7-9-17-34(31)40-25-38(39)42(37)29-13-5-2-6-14-29;1-3-12-29(13-4-1)41-35-18-10-9-17-32(35)33-23-26(19-21-36(33)41)27-20-22-37-34(24-27)38-31-16-8-7-11-28(31)25-40-39(38)42(37)30-14-5-2-6-15-30;1-3-10-28(11-4-1)41-35-16-8-7-14-30(35)32-24-26(17-20-36(32)41)27-18-21-37-33(25-27)39-31-15-9-23-40-34(31)19-22-38(39)42(37)29-12-5-2-6-13-29/h3*1-25H. The maximum Gasteiger partial charge on any atom is 0.146 e. The van der Waals surface area contributed by atoms with Crippen LogP contribution in [-0.2, 0) is 0 Å². The number of rotatable bonds is 9. The molecule has 0 amide bonds. The Morgan fingerprint density at radius 2 is 0.429 bits per heavy atom. The summed E-state index contributed by atoms with van der Waals surface area (Å²) in [5, 5.41) is 19.6. The number of pyridine rings is 3. The highest BCUT2D eigenvalue weighted by molar-refractivity contribution is 6.25. The van der Waals surface area contributed by atoms with Crippen molar-refractivity contribution in [3.8, 4) is 67.5 Å². The van der Waals surface area contributed by atoms with E-state index in [2.05, 4.69) is 463 Å². The summed E-state index contributed by atoms with van der Waals surface area (Å²) in [6, 6.07) is 157. The van der Waals surface area contributed by atoms with Crippen molar-refractivity contribution in [2.45, 2.75) is 0 Å². The van der Waals surface area contributed by atoms with Crippen molar-refractivity contribution in [3.63, 3.8) is 0 Å². The van der Waals surface area contributed by atoms with Gasteiger partial charge in [0.2, 0.25) is 0 Å². The Balaban J connectivity index is 0.000000103. The lowest BCUT2D eigenvalue weighted by atomic mass is 9.99. The van der Waals surface area contributed by atoms with Gasteiger partial charge in [-0.05, 0) is 227 Å². The molecule has 0 aliphatic rings. The molecule has 0 bridgehead atoms. The zero-order chi connectivity index (χ0) is 82.9. The van der Waals surface area contributed by atoms with Gasteiger partial charge >= 0.3 is 0 Å². The van der Waals surface area contributed by atoms with Gasteiger partial charge in [0, 0.05) is 127 Å². The van der Waals surface area contributed by atoms with Crippen molar-refractivity contribution in [3.05, 3.63) is 455 Å². The predicted molar refractivity (Wildman–Crippen MR) is 528 cm³/mol. The molecular formula is C117H75N9. The predicted octanol–water partition coefficient (Wildman–Crippen LogP) is 30.3. The highest BCUT2D eigenvalue weighted by Gasteiger charge is 2.24. The normalized spacial score (nSPS) is 11.8. The lowest BCUT2D eigenvalue weighted by molar-refractivity contribution is 1.14. The molecule has 0 aliphatic heterocycles. The Morgan fingerprint density at radius 3 is 0.849 bits per heavy atom. The molecule has 18 aromatic carbocycles. The van der Waals surface area contributed by atoms with Crippen LogP contribution in [0, 0.1) is 0 Å². The van der Waals surface area contributed by atoms with E-state index in [1.807, 2.05) is 24.7 Å². The number of hydrogen-bond donors (Lipinski definition) is 0. The zero-order valence-electron chi connectivity index (χ0n) is 68.3. The van der Waals surface area contributed by atoms with Crippen LogP contribution in [0.2, 0.25) is 0 Å². The summed E-state index contributed by atoms with van der Waals surface area (Å²) in [6.45, 7) is 0. The van der Waals surface area contributed by atoms with Crippen molar-refractivity contribution in [1.29, 1.82) is 0 Å². The van der Waals surface area contributed by atoms with E-state index in [0.29, 0.717) is 0 Å². The fraction of sp³-hybridized carbons (Fsp3) is 0. The van der Waals surface area contributed by atoms with Crippen LogP contribution in [-0.4, -0.2) is 42.4 Å². The third kappa shape index (κ3) is 11.6. The molecular weight excluding hydrogens is 1530 g/mol. The molecule has 0 spiro atoms. The van der Waals surface area contributed by atoms with E-state index in [1.54, 1.807) is 0 Å². The minimum absolute atomic E-state index is 0.980. The van der Waals surface area contributed by atoms with Crippen LogP contribution in [0.3, 0.4) is 0 Å². The molecule has 9 nitrogen and oxygen atoms in total. The zero-order valence-corrected chi connectivity index (χ0v) is 68.3. The quantitative estimate of drug-likeness (QED) is 0.145. The van der Waals surface area contributed by atoms with Crippen LogP contribution < -0.4 is 0 Å². The first kappa shape index (κ1) is 71.9. The summed E-state index contributed by atoms with van der Waals surface area (Å²) in [6.07, 6.45) is 5.89. The van der Waals surface area contributed by atoms with Crippen LogP contribution >= 0.6 is 0 Å². The molecule has 0 radical (unpaired) electrons. The molecule has 0 saturated carbocycles. The largest absolute Gasteiger partial charge is 0.309 e. The average Bonchev–Trinajstić information content (AvgIpc) is 1.58. The van der Waals surface area contributed by atoms with E-state index >= 15 is 0 Å². The number of fused-ring (bicyclic) bond motifs is 24. The van der Waals surface area contributed by atoms with Gasteiger partial charge < -0.3 is 22.8 Å². The average molecular weight is 1610 g/mol. The molecule has 126 heavy (non-hydrogen) atoms. The Labute approximate surface area is 723 Å². The van der Waals surface area contributed by atoms with E-state index in [-0.39, 0.29) is 0 Å². The lowest BCUT2D eigenvalue weighted by Gasteiger charge is -2.09. The van der Waals surface area contributed by atoms with Crippen LogP contribution in [0.4, 0.5) is 0 Å². The molecule has 0 atom stereocenters. The van der Waals surface area contributed by atoms with E-state index in [4.69, 9.17) is 9.97 Å². The molecule has 0 fully saturated rings. The number of benzene rings is 18. The Morgan fingerprint density at radius 1 is 0.151 bits per heavy atom. The Kier molecular flexibility index (Phi) is 16.8. The molecule has 27 aromatic rings. The first-order valence-corrected chi connectivity index (χ1v) is 42.9. The van der Waals surface area contributed by atoms with Gasteiger partial charge in [0.25, 0.3) is 0 Å². The van der Waals surface area contributed by atoms with E-state index in [1.165, 1.54) is 181 Å². The van der Waals surface area contributed by atoms with Gasteiger partial charge in [-0.15, -0.1) is 0 Å². The van der Waals surface area contributed by atoms with Crippen LogP contribution in [0.5, 0.6) is 0 Å². The van der Waals surface area contributed by atoms with Crippen LogP contribution in [0.15, 0.2) is 455 Å². The topological polar surface area (TPSA) is 68.2 Å². The fourth-order valence-corrected chi connectivity index (χ4v) is 20.1. The summed E-state index contributed by atoms with van der Waals surface area (Å²) in [5.74, 6) is 0. The van der Waals surface area contributed by atoms with Crippen LogP contribution in [0.1, 0.15) is 0 Å². The molecule has 9 heterocycles. The summed E-state index contributed by atoms with van der Waals surface area (Å²) in [4.78, 5) is 14.5. The first-order valence-electron chi connectivity index (χ1n) is 42.9. The van der Waals surface area contributed by atoms with Crippen molar-refractivity contribution >= 4 is 164 Å². The van der Waals surface area contributed by atoms with Gasteiger partial charge in [-0.3, -0.25) is 14.5 Å². The van der Waals surface area contributed by atoms with Crippen molar-refractivity contribution < 1.29 is 0 Å². The van der Waals surface area contributed by atoms with Crippen LogP contribution in [0.25, 0.3) is 231 Å². The van der Waals surface area contributed by atoms with Gasteiger partial charge in [0.1, 0.15) is 5.65 Å². The Hall–Kier alpha value is -17.0. The second kappa shape index (κ2) is 29.4. The highest BCUT2D eigenvalue weighted by Crippen LogP contribution is 2.46. The molecule has 27 rings (SSSR count). The summed E-state index contributed by atoms with van der Waals surface area (Å²) < 4.78 is 14.1. The van der Waals surface area contributed by atoms with E-state index in [0.717, 1.165) is 50.2 Å². The van der Waals surface area contributed by atoms with Gasteiger partial charge in [0.05, 0.1) is 77.9 Å². The first-order chi connectivity index (χ1) is 62.5. The second-order valence-corrected chi connectivity index (χ2v) is 32.6. The van der Waals surface area contributed by atoms with Gasteiger partial charge in [-0.1, -0.05) is 249 Å². The lowest BCUT2D eigenvalue weighted by Crippen LogP contribution is -1.95. The molecule has 0 unspecified atom stereocenters. The SMILES string of the molecule is c1ccc(-n2c3ccccc3c3cc(-c4ccc5c(c4)c4c6ccccc6cnc4n5-c4ccccc4)ccc32)cc1.c1ccc(-n2c3ccccc3c3cc(-c4ccc5c(c4)c4c6ccccc6ncc4n5-c4ccccc4)ccc32)cc1.c1ccc(-n2c3ccccc3c3cc(-c4ccc5c(c4)c4c6cccnc6ccc4n5-c4ccccc4)ccc32)cc1. The molecule has 9 heteroatoms. The maximum absolute atomic E-state index is 4.99. The van der Waals surface area contributed by atoms with Gasteiger partial charge in [0.15, 0.2) is 0 Å². The summed E-state index contributed by atoms with van der Waals surface area (Å²) >= 11 is 0. The molecule has 9 aromatic heterocycles. The third-order valence-electron chi connectivity index (χ3n) is 25.6. The van der Waals surface area contributed by atoms with Crippen molar-refractivity contribution in [2.75, 3.05) is 0 Å². The minimum Gasteiger partial charge on any atom is -0.309 e. The number of para-hydroxylation sites is 10. The molecule has 588 valence electrons. The minimum atomic E-state index is 0.980. The van der Waals surface area contributed by atoms with Crippen molar-refractivity contribution in [1.82, 2.24) is 42.4 Å². The number of hydrogen-bond acceptors (Lipinski definition) is 3. The third-order valence-corrected chi connectivity index (χ3v) is 25.6. The fourth-order valence-electron chi connectivity index (χ4n) is 20.1.